The lowest BCUT2D eigenvalue weighted by atomic mass is 10.2. The Bertz CT molecular complexity index is 903. The number of ether oxygens (including phenoxy) is 2. The molecule has 1 unspecified atom stereocenters. The molecule has 3 aromatic rings. The quantitative estimate of drug-likeness (QED) is 0.643. The molecule has 2 amide bonds. The molecule has 1 saturated heterocycles. The molecule has 3 heterocycles. The molecule has 0 saturated carbocycles. The second-order valence-electron chi connectivity index (χ2n) is 6.24. The number of carbonyl (C=O) groups is 1. The molecule has 2 aromatic heterocycles. The van der Waals surface area contributed by atoms with E-state index in [1.807, 2.05) is 12.1 Å². The third-order valence-electron chi connectivity index (χ3n) is 4.19. The SMILES string of the molecule is O=C(NCc1noc(-c2ccco2)n1)Nc1ccccc1OCC1CCCO1. The zero-order valence-corrected chi connectivity index (χ0v) is 15.1. The van der Waals surface area contributed by atoms with Gasteiger partial charge in [0.15, 0.2) is 11.6 Å². The smallest absolute Gasteiger partial charge is 0.319 e. The van der Waals surface area contributed by atoms with Crippen LogP contribution >= 0.6 is 0 Å². The van der Waals surface area contributed by atoms with Crippen LogP contribution in [0.5, 0.6) is 5.75 Å². The van der Waals surface area contributed by atoms with Crippen molar-refractivity contribution in [2.45, 2.75) is 25.5 Å². The molecule has 1 aromatic carbocycles. The first kappa shape index (κ1) is 18.1. The lowest BCUT2D eigenvalue weighted by Gasteiger charge is -2.15. The number of carbonyl (C=O) groups excluding carboxylic acids is 1. The summed E-state index contributed by atoms with van der Waals surface area (Å²) in [7, 11) is 0. The third-order valence-corrected chi connectivity index (χ3v) is 4.19. The van der Waals surface area contributed by atoms with Crippen LogP contribution < -0.4 is 15.4 Å². The van der Waals surface area contributed by atoms with Crippen LogP contribution in [-0.2, 0) is 11.3 Å². The zero-order valence-electron chi connectivity index (χ0n) is 15.1. The topological polar surface area (TPSA) is 112 Å². The average Bonchev–Trinajstić information content (AvgIpc) is 3.48. The van der Waals surface area contributed by atoms with Gasteiger partial charge in [0.05, 0.1) is 24.6 Å². The third kappa shape index (κ3) is 4.49. The van der Waals surface area contributed by atoms with E-state index in [1.165, 1.54) is 6.26 Å². The minimum Gasteiger partial charge on any atom is -0.489 e. The highest BCUT2D eigenvalue weighted by Crippen LogP contribution is 2.25. The molecule has 9 nitrogen and oxygen atoms in total. The number of para-hydroxylation sites is 2. The van der Waals surface area contributed by atoms with Gasteiger partial charge in [-0.3, -0.25) is 0 Å². The fourth-order valence-corrected chi connectivity index (χ4v) is 2.81. The highest BCUT2D eigenvalue weighted by molar-refractivity contribution is 5.90. The maximum atomic E-state index is 12.2. The number of anilines is 1. The Kier molecular flexibility index (Phi) is 5.53. The van der Waals surface area contributed by atoms with E-state index in [-0.39, 0.29) is 18.5 Å². The fourth-order valence-electron chi connectivity index (χ4n) is 2.81. The summed E-state index contributed by atoms with van der Waals surface area (Å²) in [5.74, 6) is 1.66. The number of hydrogen-bond acceptors (Lipinski definition) is 7. The van der Waals surface area contributed by atoms with Gasteiger partial charge in [0, 0.05) is 6.61 Å². The van der Waals surface area contributed by atoms with E-state index in [1.54, 1.807) is 24.3 Å². The molecule has 9 heteroatoms. The minimum absolute atomic E-state index is 0.100. The number of benzene rings is 1. The molecule has 1 aliphatic rings. The first-order valence-corrected chi connectivity index (χ1v) is 9.02. The van der Waals surface area contributed by atoms with Crippen LogP contribution in [0.25, 0.3) is 11.7 Å². The van der Waals surface area contributed by atoms with Gasteiger partial charge in [-0.2, -0.15) is 4.98 Å². The number of aromatic nitrogens is 2. The molecule has 0 bridgehead atoms. The summed E-state index contributed by atoms with van der Waals surface area (Å²) in [5.41, 5.74) is 0.572. The Balaban J connectivity index is 1.30. The summed E-state index contributed by atoms with van der Waals surface area (Å²) >= 11 is 0. The molecule has 28 heavy (non-hydrogen) atoms. The molecule has 4 rings (SSSR count). The molecule has 146 valence electrons. The number of nitrogens with one attached hydrogen (secondary N) is 2. The predicted molar refractivity (Wildman–Crippen MR) is 98.8 cm³/mol. The number of amides is 2. The van der Waals surface area contributed by atoms with Crippen molar-refractivity contribution < 1.29 is 23.2 Å². The van der Waals surface area contributed by atoms with Gasteiger partial charge in [-0.15, -0.1) is 0 Å². The lowest BCUT2D eigenvalue weighted by Crippen LogP contribution is -2.29. The van der Waals surface area contributed by atoms with Gasteiger partial charge >= 0.3 is 6.03 Å². The van der Waals surface area contributed by atoms with Gasteiger partial charge < -0.3 is 29.0 Å². The Labute approximate surface area is 161 Å². The summed E-state index contributed by atoms with van der Waals surface area (Å²) in [6, 6.07) is 10.3. The maximum Gasteiger partial charge on any atom is 0.319 e. The number of hydrogen-bond donors (Lipinski definition) is 2. The van der Waals surface area contributed by atoms with Gasteiger partial charge in [-0.05, 0) is 37.1 Å². The lowest BCUT2D eigenvalue weighted by molar-refractivity contribution is 0.0682. The predicted octanol–water partition coefficient (Wildman–Crippen LogP) is 3.21. The van der Waals surface area contributed by atoms with Crippen molar-refractivity contribution in [1.29, 1.82) is 0 Å². The van der Waals surface area contributed by atoms with Crippen LogP contribution in [0.15, 0.2) is 51.6 Å². The van der Waals surface area contributed by atoms with Crippen molar-refractivity contribution in [2.75, 3.05) is 18.5 Å². The normalized spacial score (nSPS) is 16.1. The summed E-state index contributed by atoms with van der Waals surface area (Å²) < 4.78 is 21.7. The van der Waals surface area contributed by atoms with Crippen molar-refractivity contribution in [2.24, 2.45) is 0 Å². The second kappa shape index (κ2) is 8.57. The second-order valence-corrected chi connectivity index (χ2v) is 6.24. The van der Waals surface area contributed by atoms with E-state index in [0.29, 0.717) is 29.6 Å². The molecule has 2 N–H and O–H groups in total. The maximum absolute atomic E-state index is 12.2. The summed E-state index contributed by atoms with van der Waals surface area (Å²) in [4.78, 5) is 16.4. The molecule has 1 fully saturated rings. The first-order valence-electron chi connectivity index (χ1n) is 9.02. The van der Waals surface area contributed by atoms with Crippen LogP contribution in [0, 0.1) is 0 Å². The van der Waals surface area contributed by atoms with Crippen LogP contribution in [-0.4, -0.2) is 35.5 Å². The monoisotopic (exact) mass is 384 g/mol. The van der Waals surface area contributed by atoms with Crippen molar-refractivity contribution in [3.05, 3.63) is 48.5 Å². The summed E-state index contributed by atoms with van der Waals surface area (Å²) in [6.07, 6.45) is 3.65. The molecular formula is C19H20N4O5. The Morgan fingerprint density at radius 1 is 1.25 bits per heavy atom. The van der Waals surface area contributed by atoms with E-state index in [9.17, 15) is 4.79 Å². The fraction of sp³-hybridized carbons (Fsp3) is 0.316. The largest absolute Gasteiger partial charge is 0.489 e. The van der Waals surface area contributed by atoms with Crippen LogP contribution in [0.3, 0.4) is 0 Å². The van der Waals surface area contributed by atoms with Crippen LogP contribution in [0.4, 0.5) is 10.5 Å². The van der Waals surface area contributed by atoms with E-state index < -0.39 is 6.03 Å². The van der Waals surface area contributed by atoms with E-state index in [2.05, 4.69) is 20.8 Å². The molecule has 1 atom stereocenters. The van der Waals surface area contributed by atoms with Crippen molar-refractivity contribution in [3.8, 4) is 17.4 Å². The Morgan fingerprint density at radius 3 is 3.00 bits per heavy atom. The number of furan rings is 1. The summed E-state index contributed by atoms with van der Waals surface area (Å²) in [5, 5.41) is 9.27. The van der Waals surface area contributed by atoms with Crippen LogP contribution in [0.1, 0.15) is 18.7 Å². The Morgan fingerprint density at radius 2 is 2.18 bits per heavy atom. The molecule has 1 aliphatic heterocycles. The molecular weight excluding hydrogens is 364 g/mol. The van der Waals surface area contributed by atoms with Gasteiger partial charge in [0.1, 0.15) is 12.4 Å². The molecule has 0 radical (unpaired) electrons. The van der Waals surface area contributed by atoms with E-state index in [4.69, 9.17) is 18.4 Å². The number of nitrogens with zero attached hydrogens (tertiary/aromatic N) is 2. The van der Waals surface area contributed by atoms with Crippen LogP contribution in [0.2, 0.25) is 0 Å². The van der Waals surface area contributed by atoms with Crippen molar-refractivity contribution >= 4 is 11.7 Å². The average molecular weight is 384 g/mol. The van der Waals surface area contributed by atoms with E-state index in [0.717, 1.165) is 19.4 Å². The standard InChI is InChI=1S/C19H20N4O5/c24-19(20-11-17-22-18(28-23-17)16-8-4-10-26-16)21-14-6-1-2-7-15(14)27-12-13-5-3-9-25-13/h1-2,4,6-8,10,13H,3,5,9,11-12H2,(H2,20,21,24). The van der Waals surface area contributed by atoms with Gasteiger partial charge in [0.25, 0.3) is 5.89 Å². The molecule has 0 spiro atoms. The number of rotatable bonds is 7. The van der Waals surface area contributed by atoms with Crippen molar-refractivity contribution in [1.82, 2.24) is 15.5 Å². The minimum atomic E-state index is -0.405. The van der Waals surface area contributed by atoms with Crippen molar-refractivity contribution in [3.63, 3.8) is 0 Å². The van der Waals surface area contributed by atoms with Gasteiger partial charge in [-0.1, -0.05) is 17.3 Å². The summed E-state index contributed by atoms with van der Waals surface area (Å²) in [6.45, 7) is 1.34. The van der Waals surface area contributed by atoms with Gasteiger partial charge in [0.2, 0.25) is 0 Å². The Hall–Kier alpha value is -3.33. The zero-order chi connectivity index (χ0) is 19.2. The van der Waals surface area contributed by atoms with E-state index >= 15 is 0 Å². The number of urea groups is 1. The highest BCUT2D eigenvalue weighted by atomic mass is 16.5. The highest BCUT2D eigenvalue weighted by Gasteiger charge is 2.17. The molecule has 0 aliphatic carbocycles. The first-order chi connectivity index (χ1) is 13.8. The van der Waals surface area contributed by atoms with Gasteiger partial charge in [-0.25, -0.2) is 4.79 Å².